The van der Waals surface area contributed by atoms with E-state index in [0.717, 1.165) is 12.8 Å². The summed E-state index contributed by atoms with van der Waals surface area (Å²) < 4.78 is 18.7. The van der Waals surface area contributed by atoms with E-state index in [1.807, 2.05) is 0 Å². The maximum Gasteiger partial charge on any atom is 0.257 e. The van der Waals surface area contributed by atoms with Gasteiger partial charge in [-0.05, 0) is 43.4 Å². The molecule has 1 unspecified atom stereocenters. The summed E-state index contributed by atoms with van der Waals surface area (Å²) in [5.74, 6) is -0.198. The Morgan fingerprint density at radius 1 is 1.58 bits per heavy atom. The quantitative estimate of drug-likeness (QED) is 0.826. The molecule has 0 aliphatic heterocycles. The van der Waals surface area contributed by atoms with Crippen LogP contribution in [0.25, 0.3) is 0 Å². The predicted octanol–water partition coefficient (Wildman–Crippen LogP) is 1.78. The Kier molecular flexibility index (Phi) is 4.37. The van der Waals surface area contributed by atoms with Gasteiger partial charge in [0.1, 0.15) is 0 Å². The van der Waals surface area contributed by atoms with Crippen LogP contribution in [0.3, 0.4) is 0 Å². The minimum Gasteiger partial charge on any atom is -0.481 e. The molecule has 0 spiro atoms. The number of carbonyl (C=O) groups excluding carboxylic acids is 1. The normalized spacial score (nSPS) is 15.9. The molecule has 1 saturated carbocycles. The highest BCUT2D eigenvalue weighted by Crippen LogP contribution is 2.27. The molecule has 1 aliphatic rings. The van der Waals surface area contributed by atoms with E-state index >= 15 is 0 Å². The van der Waals surface area contributed by atoms with Crippen LogP contribution < -0.4 is 10.1 Å². The molecule has 0 bridgehead atoms. The second-order valence-corrected chi connectivity index (χ2v) is 4.90. The highest BCUT2D eigenvalue weighted by Gasteiger charge is 2.21. The van der Waals surface area contributed by atoms with Crippen LogP contribution >= 0.6 is 0 Å². The number of hydrogen-bond donors (Lipinski definition) is 2. The van der Waals surface area contributed by atoms with Crippen molar-refractivity contribution in [2.45, 2.75) is 25.9 Å². The molecule has 2 rings (SSSR count). The van der Waals surface area contributed by atoms with Gasteiger partial charge in [0.15, 0.2) is 18.2 Å². The summed E-state index contributed by atoms with van der Waals surface area (Å²) in [6, 6.07) is 4.21. The Bertz CT molecular complexity index is 458. The highest BCUT2D eigenvalue weighted by atomic mass is 19.1. The van der Waals surface area contributed by atoms with Crippen molar-refractivity contribution in [2.75, 3.05) is 13.2 Å². The Labute approximate surface area is 111 Å². The average molecular weight is 267 g/mol. The number of aliphatic hydroxyl groups is 1. The molecule has 1 aliphatic carbocycles. The summed E-state index contributed by atoms with van der Waals surface area (Å²) in [4.78, 5) is 11.4. The third-order valence-electron chi connectivity index (χ3n) is 3.08. The summed E-state index contributed by atoms with van der Waals surface area (Å²) in [7, 11) is 0. The zero-order valence-electron chi connectivity index (χ0n) is 10.9. The number of halogens is 1. The number of ether oxygens (including phenoxy) is 1. The number of amides is 1. The molecular weight excluding hydrogens is 249 g/mol. The van der Waals surface area contributed by atoms with Gasteiger partial charge in [-0.2, -0.15) is 0 Å². The summed E-state index contributed by atoms with van der Waals surface area (Å²) in [6.45, 7) is 2.03. The summed E-state index contributed by atoms with van der Waals surface area (Å²) in [6.07, 6.45) is 1.60. The molecular formula is C14H18FNO3. The smallest absolute Gasteiger partial charge is 0.257 e. The zero-order chi connectivity index (χ0) is 13.8. The van der Waals surface area contributed by atoms with Gasteiger partial charge in [-0.15, -0.1) is 0 Å². The maximum absolute atomic E-state index is 13.6. The first-order valence-electron chi connectivity index (χ1n) is 6.43. The SMILES string of the molecule is CC(O)c1ccc(OCC(=O)NCC2CC2)c(F)c1. The molecule has 19 heavy (non-hydrogen) atoms. The number of nitrogens with one attached hydrogen (secondary N) is 1. The van der Waals surface area contributed by atoms with E-state index in [2.05, 4.69) is 5.32 Å². The molecule has 0 radical (unpaired) electrons. The molecule has 0 saturated heterocycles. The third kappa shape index (κ3) is 4.21. The van der Waals surface area contributed by atoms with Crippen molar-refractivity contribution in [1.82, 2.24) is 5.32 Å². The van der Waals surface area contributed by atoms with Gasteiger partial charge in [-0.3, -0.25) is 4.79 Å². The number of rotatable bonds is 6. The van der Waals surface area contributed by atoms with Crippen molar-refractivity contribution in [3.8, 4) is 5.75 Å². The van der Waals surface area contributed by atoms with Crippen LogP contribution in [0.4, 0.5) is 4.39 Å². The van der Waals surface area contributed by atoms with Crippen molar-refractivity contribution in [3.05, 3.63) is 29.6 Å². The molecule has 1 atom stereocenters. The average Bonchev–Trinajstić information content (AvgIpc) is 3.18. The molecule has 1 aromatic carbocycles. The zero-order valence-corrected chi connectivity index (χ0v) is 10.9. The lowest BCUT2D eigenvalue weighted by Crippen LogP contribution is -2.30. The molecule has 104 valence electrons. The first-order chi connectivity index (χ1) is 9.06. The fraction of sp³-hybridized carbons (Fsp3) is 0.500. The van der Waals surface area contributed by atoms with Crippen molar-refractivity contribution in [1.29, 1.82) is 0 Å². The summed E-state index contributed by atoms with van der Waals surface area (Å²) in [5, 5.41) is 12.1. The first-order valence-corrected chi connectivity index (χ1v) is 6.43. The second-order valence-electron chi connectivity index (χ2n) is 4.90. The predicted molar refractivity (Wildman–Crippen MR) is 68.3 cm³/mol. The molecule has 1 amide bonds. The number of aliphatic hydroxyl groups excluding tert-OH is 1. The van der Waals surface area contributed by atoms with E-state index in [4.69, 9.17) is 4.74 Å². The molecule has 0 aromatic heterocycles. The van der Waals surface area contributed by atoms with Crippen molar-refractivity contribution < 1.29 is 19.0 Å². The largest absolute Gasteiger partial charge is 0.481 e. The van der Waals surface area contributed by atoms with Gasteiger partial charge in [0.05, 0.1) is 6.10 Å². The number of benzene rings is 1. The summed E-state index contributed by atoms with van der Waals surface area (Å²) in [5.41, 5.74) is 0.475. The molecule has 1 aromatic rings. The molecule has 1 fully saturated rings. The monoisotopic (exact) mass is 267 g/mol. The molecule has 0 heterocycles. The minimum atomic E-state index is -0.731. The second kappa shape index (κ2) is 6.02. The van der Waals surface area contributed by atoms with E-state index < -0.39 is 11.9 Å². The van der Waals surface area contributed by atoms with Crippen LogP contribution in [0.1, 0.15) is 31.4 Å². The van der Waals surface area contributed by atoms with Crippen molar-refractivity contribution in [2.24, 2.45) is 5.92 Å². The third-order valence-corrected chi connectivity index (χ3v) is 3.08. The number of carbonyl (C=O) groups is 1. The van der Waals surface area contributed by atoms with Crippen LogP contribution in [0.5, 0.6) is 5.75 Å². The Morgan fingerprint density at radius 3 is 2.89 bits per heavy atom. The fourth-order valence-electron chi connectivity index (χ4n) is 1.67. The van der Waals surface area contributed by atoms with Gasteiger partial charge in [-0.1, -0.05) is 6.07 Å². The van der Waals surface area contributed by atoms with E-state index in [0.29, 0.717) is 18.0 Å². The van der Waals surface area contributed by atoms with Gasteiger partial charge in [0, 0.05) is 6.54 Å². The van der Waals surface area contributed by atoms with Crippen LogP contribution in [0.15, 0.2) is 18.2 Å². The Hall–Kier alpha value is -1.62. The van der Waals surface area contributed by atoms with Gasteiger partial charge in [-0.25, -0.2) is 4.39 Å². The van der Waals surface area contributed by atoms with Gasteiger partial charge in [0.25, 0.3) is 5.91 Å². The lowest BCUT2D eigenvalue weighted by Gasteiger charge is -2.10. The van der Waals surface area contributed by atoms with Crippen molar-refractivity contribution in [3.63, 3.8) is 0 Å². The Morgan fingerprint density at radius 2 is 2.32 bits per heavy atom. The van der Waals surface area contributed by atoms with Crippen LogP contribution in [-0.4, -0.2) is 24.2 Å². The maximum atomic E-state index is 13.6. The van der Waals surface area contributed by atoms with E-state index in [9.17, 15) is 14.3 Å². The standard InChI is InChI=1S/C14H18FNO3/c1-9(17)11-4-5-13(12(15)6-11)19-8-14(18)16-7-10-2-3-10/h4-6,9-10,17H,2-3,7-8H2,1H3,(H,16,18). The molecule has 4 nitrogen and oxygen atoms in total. The van der Waals surface area contributed by atoms with Gasteiger partial charge >= 0.3 is 0 Å². The first kappa shape index (κ1) is 13.8. The van der Waals surface area contributed by atoms with Crippen LogP contribution in [0, 0.1) is 11.7 Å². The lowest BCUT2D eigenvalue weighted by molar-refractivity contribution is -0.123. The highest BCUT2D eigenvalue weighted by molar-refractivity contribution is 5.77. The van der Waals surface area contributed by atoms with Gasteiger partial charge < -0.3 is 15.2 Å². The van der Waals surface area contributed by atoms with E-state index in [1.54, 1.807) is 13.0 Å². The topological polar surface area (TPSA) is 58.6 Å². The van der Waals surface area contributed by atoms with Crippen molar-refractivity contribution >= 4 is 5.91 Å². The lowest BCUT2D eigenvalue weighted by atomic mass is 10.1. The molecule has 5 heteroatoms. The van der Waals surface area contributed by atoms with E-state index in [1.165, 1.54) is 12.1 Å². The van der Waals surface area contributed by atoms with Crippen LogP contribution in [-0.2, 0) is 4.79 Å². The van der Waals surface area contributed by atoms with Crippen LogP contribution in [0.2, 0.25) is 0 Å². The van der Waals surface area contributed by atoms with Gasteiger partial charge in [0.2, 0.25) is 0 Å². The Balaban J connectivity index is 1.82. The fourth-order valence-corrected chi connectivity index (χ4v) is 1.67. The number of hydrogen-bond acceptors (Lipinski definition) is 3. The van der Waals surface area contributed by atoms with E-state index in [-0.39, 0.29) is 18.3 Å². The molecule has 2 N–H and O–H groups in total. The minimum absolute atomic E-state index is 0.0194. The summed E-state index contributed by atoms with van der Waals surface area (Å²) >= 11 is 0.